The van der Waals surface area contributed by atoms with Gasteiger partial charge < -0.3 is 33.8 Å². The van der Waals surface area contributed by atoms with E-state index in [4.69, 9.17) is 37.0 Å². The van der Waals surface area contributed by atoms with Gasteiger partial charge in [0.15, 0.2) is 12.2 Å². The summed E-state index contributed by atoms with van der Waals surface area (Å²) in [5.74, 6) is -1.33. The summed E-state index contributed by atoms with van der Waals surface area (Å²) in [6, 6.07) is 0. The van der Waals surface area contributed by atoms with Crippen LogP contribution in [0.5, 0.6) is 0 Å². The lowest BCUT2D eigenvalue weighted by atomic mass is 9.99. The second-order valence-corrected chi connectivity index (χ2v) is 26.3. The van der Waals surface area contributed by atoms with E-state index in [1.807, 2.05) is 0 Å². The highest BCUT2D eigenvalue weighted by atomic mass is 31.2. The topological polar surface area (TPSA) is 237 Å². The zero-order valence-corrected chi connectivity index (χ0v) is 55.1. The molecule has 3 unspecified atom stereocenters. The summed E-state index contributed by atoms with van der Waals surface area (Å²) in [5.41, 5.74) is 0. The maximum atomic E-state index is 13.0. The predicted octanol–water partition coefficient (Wildman–Crippen LogP) is 17.8. The third-order valence-electron chi connectivity index (χ3n) is 15.1. The van der Waals surface area contributed by atoms with Crippen molar-refractivity contribution < 1.29 is 80.2 Å². The van der Waals surface area contributed by atoms with E-state index in [0.29, 0.717) is 25.7 Å². The van der Waals surface area contributed by atoms with E-state index in [1.54, 1.807) is 0 Å². The van der Waals surface area contributed by atoms with E-state index in [-0.39, 0.29) is 25.7 Å². The average molecular weight is 1230 g/mol. The highest BCUT2D eigenvalue weighted by molar-refractivity contribution is 7.47. The van der Waals surface area contributed by atoms with E-state index in [0.717, 1.165) is 102 Å². The Kier molecular flexibility index (Phi) is 56.4. The number of esters is 4. The third kappa shape index (κ3) is 57.6. The summed E-state index contributed by atoms with van der Waals surface area (Å²) in [7, 11) is -9.88. The molecule has 0 bridgehead atoms. The lowest BCUT2D eigenvalue weighted by Gasteiger charge is -2.21. The van der Waals surface area contributed by atoms with Crippen LogP contribution in [0.2, 0.25) is 0 Å². The van der Waals surface area contributed by atoms with Crippen LogP contribution in [0.4, 0.5) is 0 Å². The summed E-state index contributed by atoms with van der Waals surface area (Å²) < 4.78 is 67.8. The number of ether oxygens (including phenoxy) is 4. The highest BCUT2D eigenvalue weighted by Crippen LogP contribution is 2.45. The van der Waals surface area contributed by atoms with Gasteiger partial charge in [-0.25, -0.2) is 9.13 Å². The fraction of sp³-hybridized carbons (Fsp3) is 0.938. The van der Waals surface area contributed by atoms with Crippen LogP contribution in [0.25, 0.3) is 0 Å². The van der Waals surface area contributed by atoms with Crippen LogP contribution in [0.3, 0.4) is 0 Å². The summed E-state index contributed by atoms with van der Waals surface area (Å²) in [4.78, 5) is 71.9. The minimum absolute atomic E-state index is 0.105. The van der Waals surface area contributed by atoms with Gasteiger partial charge in [-0.05, 0) is 31.6 Å². The Balaban J connectivity index is 5.17. The molecule has 0 aliphatic heterocycles. The van der Waals surface area contributed by atoms with Crippen molar-refractivity contribution >= 4 is 39.5 Å². The molecule has 6 atom stereocenters. The monoisotopic (exact) mass is 1230 g/mol. The molecule has 0 aliphatic rings. The van der Waals surface area contributed by atoms with Crippen LogP contribution in [-0.2, 0) is 65.4 Å². The maximum Gasteiger partial charge on any atom is 0.472 e. The molecule has 3 N–H and O–H groups in total. The quantitative estimate of drug-likeness (QED) is 0.0222. The van der Waals surface area contributed by atoms with Gasteiger partial charge in [0.2, 0.25) is 0 Å². The van der Waals surface area contributed by atoms with E-state index < -0.39 is 97.5 Å². The first-order valence-electron chi connectivity index (χ1n) is 33.7. The third-order valence-corrected chi connectivity index (χ3v) is 17.0. The Bertz CT molecular complexity index is 1620. The molecule has 0 radical (unpaired) electrons. The molecule has 0 heterocycles. The molecule has 0 amide bonds. The number of hydrogen-bond donors (Lipinski definition) is 3. The molecule has 17 nitrogen and oxygen atoms in total. The van der Waals surface area contributed by atoms with Gasteiger partial charge in [0, 0.05) is 25.7 Å². The van der Waals surface area contributed by atoms with Crippen LogP contribution >= 0.6 is 15.6 Å². The number of unbranched alkanes of at least 4 members (excludes halogenated alkanes) is 35. The van der Waals surface area contributed by atoms with E-state index in [2.05, 4.69) is 34.6 Å². The predicted molar refractivity (Wildman–Crippen MR) is 331 cm³/mol. The standard InChI is InChI=1S/C64H124O17P2/c1-6-10-13-16-18-20-21-22-23-24-25-31-35-40-45-50-64(69)81-60(54-75-62(67)48-43-38-33-30-27-26-29-32-37-41-46-57(5)9-4)56-79-83(72,73)77-52-58(65)51-76-82(70,71)78-55-59(53-74-61(66)47-42-36-15-12-8-3)80-63(68)49-44-39-34-28-19-17-14-11-7-2/h57-60,65H,6-56H2,1-5H3,(H,70,71)(H,72,73)/t57?,58-,59+,60+/m0/s1. The maximum absolute atomic E-state index is 13.0. The van der Waals surface area contributed by atoms with Gasteiger partial charge in [-0.3, -0.25) is 37.3 Å². The molecule has 0 rings (SSSR count). The Labute approximate surface area is 505 Å². The van der Waals surface area contributed by atoms with Gasteiger partial charge in [-0.15, -0.1) is 0 Å². The minimum Gasteiger partial charge on any atom is -0.462 e. The van der Waals surface area contributed by atoms with Crippen LogP contribution in [0.1, 0.15) is 324 Å². The second kappa shape index (κ2) is 57.8. The molecule has 83 heavy (non-hydrogen) atoms. The molecule has 0 fully saturated rings. The first-order chi connectivity index (χ1) is 40.1. The number of phosphoric ester groups is 2. The van der Waals surface area contributed by atoms with Gasteiger partial charge in [0.05, 0.1) is 26.4 Å². The first kappa shape index (κ1) is 81.1. The van der Waals surface area contributed by atoms with Gasteiger partial charge in [0.25, 0.3) is 0 Å². The summed E-state index contributed by atoms with van der Waals surface area (Å²) in [6.07, 6.45) is 41.9. The molecule has 19 heteroatoms. The van der Waals surface area contributed by atoms with Crippen molar-refractivity contribution in [1.29, 1.82) is 0 Å². The van der Waals surface area contributed by atoms with Crippen molar-refractivity contribution in [3.8, 4) is 0 Å². The van der Waals surface area contributed by atoms with Crippen LogP contribution < -0.4 is 0 Å². The smallest absolute Gasteiger partial charge is 0.462 e. The van der Waals surface area contributed by atoms with E-state index in [1.165, 1.54) is 141 Å². The zero-order valence-electron chi connectivity index (χ0n) is 53.3. The van der Waals surface area contributed by atoms with Gasteiger partial charge >= 0.3 is 39.5 Å². The Hall–Kier alpha value is -1.94. The number of rotatable bonds is 64. The average Bonchev–Trinajstić information content (AvgIpc) is 3.47. The number of carbonyl (C=O) groups excluding carboxylic acids is 4. The number of aliphatic hydroxyl groups excluding tert-OH is 1. The van der Waals surface area contributed by atoms with Crippen molar-refractivity contribution in [2.45, 2.75) is 342 Å². The SMILES string of the molecule is CCCCCCCCCCCCCCCCCC(=O)O[C@H](COC(=O)CCCCCCCCCCCCC(C)CC)COP(=O)(O)OC[C@@H](O)COP(=O)(O)OC[C@@H](COC(=O)CCCCCCC)OC(=O)CCCCCCCCCCC. The molecule has 0 saturated carbocycles. The minimum atomic E-state index is -4.94. The molecule has 0 aromatic rings. The van der Waals surface area contributed by atoms with E-state index >= 15 is 0 Å². The zero-order chi connectivity index (χ0) is 61.3. The molecular weight excluding hydrogens is 1100 g/mol. The molecule has 0 aromatic heterocycles. The Morgan fingerprint density at radius 3 is 0.855 bits per heavy atom. The normalized spacial score (nSPS) is 14.6. The van der Waals surface area contributed by atoms with E-state index in [9.17, 15) is 43.2 Å². The fourth-order valence-corrected chi connectivity index (χ4v) is 11.1. The largest absolute Gasteiger partial charge is 0.472 e. The van der Waals surface area contributed by atoms with Gasteiger partial charge in [-0.2, -0.15) is 0 Å². The Morgan fingerprint density at radius 1 is 0.337 bits per heavy atom. The van der Waals surface area contributed by atoms with Crippen molar-refractivity contribution in [2.75, 3.05) is 39.6 Å². The summed E-state index contributed by atoms with van der Waals surface area (Å²) >= 11 is 0. The van der Waals surface area contributed by atoms with Gasteiger partial charge in [0.1, 0.15) is 19.3 Å². The van der Waals surface area contributed by atoms with Crippen molar-refractivity contribution in [1.82, 2.24) is 0 Å². The fourth-order valence-electron chi connectivity index (χ4n) is 9.55. The number of hydrogen-bond acceptors (Lipinski definition) is 15. The second-order valence-electron chi connectivity index (χ2n) is 23.4. The lowest BCUT2D eigenvalue weighted by molar-refractivity contribution is -0.161. The molecule has 0 aliphatic carbocycles. The lowest BCUT2D eigenvalue weighted by Crippen LogP contribution is -2.30. The van der Waals surface area contributed by atoms with Crippen molar-refractivity contribution in [3.63, 3.8) is 0 Å². The van der Waals surface area contributed by atoms with Crippen LogP contribution in [0, 0.1) is 5.92 Å². The van der Waals surface area contributed by atoms with Crippen LogP contribution in [0.15, 0.2) is 0 Å². The molecule has 492 valence electrons. The Morgan fingerprint density at radius 2 is 0.578 bits per heavy atom. The van der Waals surface area contributed by atoms with Crippen molar-refractivity contribution in [2.24, 2.45) is 5.92 Å². The molecular formula is C64H124O17P2. The molecule has 0 spiro atoms. The number of phosphoric acid groups is 2. The number of carbonyl (C=O) groups is 4. The first-order valence-corrected chi connectivity index (χ1v) is 36.7. The van der Waals surface area contributed by atoms with Gasteiger partial charge in [-0.1, -0.05) is 272 Å². The molecule has 0 aromatic carbocycles. The summed E-state index contributed by atoms with van der Waals surface area (Å²) in [6.45, 7) is 7.13. The molecule has 0 saturated heterocycles. The van der Waals surface area contributed by atoms with Crippen LogP contribution in [-0.4, -0.2) is 96.7 Å². The van der Waals surface area contributed by atoms with Crippen molar-refractivity contribution in [3.05, 3.63) is 0 Å². The number of aliphatic hydroxyl groups is 1. The highest BCUT2D eigenvalue weighted by Gasteiger charge is 2.30. The summed E-state index contributed by atoms with van der Waals surface area (Å²) in [5, 5.41) is 10.5.